The minimum absolute atomic E-state index is 0.0272. The zero-order valence-electron chi connectivity index (χ0n) is 15.0. The SMILES string of the molecule is O=C(c1cccc(O)c1)c1cc2c(cn1)CN(C(=O)OCc1ccccc1)C2. The van der Waals surface area contributed by atoms with Crippen molar-refractivity contribution in [1.29, 1.82) is 0 Å². The highest BCUT2D eigenvalue weighted by molar-refractivity contribution is 6.08. The molecule has 3 aromatic rings. The maximum Gasteiger partial charge on any atom is 0.410 e. The molecule has 2 aromatic carbocycles. The number of benzene rings is 2. The van der Waals surface area contributed by atoms with Crippen LogP contribution in [0.2, 0.25) is 0 Å². The Morgan fingerprint density at radius 1 is 1.00 bits per heavy atom. The van der Waals surface area contributed by atoms with Crippen molar-refractivity contribution in [1.82, 2.24) is 9.88 Å². The Kier molecular flexibility index (Phi) is 4.76. The Hall–Kier alpha value is -3.67. The zero-order chi connectivity index (χ0) is 19.5. The summed E-state index contributed by atoms with van der Waals surface area (Å²) in [5.74, 6) is -0.247. The van der Waals surface area contributed by atoms with E-state index >= 15 is 0 Å². The number of rotatable bonds is 4. The highest BCUT2D eigenvalue weighted by Gasteiger charge is 2.26. The van der Waals surface area contributed by atoms with Crippen molar-refractivity contribution in [3.05, 3.63) is 94.8 Å². The molecule has 1 aromatic heterocycles. The van der Waals surface area contributed by atoms with Crippen molar-refractivity contribution in [2.75, 3.05) is 0 Å². The molecular formula is C22H18N2O4. The van der Waals surface area contributed by atoms with Gasteiger partial charge in [0.25, 0.3) is 0 Å². The second kappa shape index (κ2) is 7.52. The lowest BCUT2D eigenvalue weighted by Gasteiger charge is -2.15. The maximum absolute atomic E-state index is 12.6. The molecular weight excluding hydrogens is 356 g/mol. The van der Waals surface area contributed by atoms with Crippen molar-refractivity contribution >= 4 is 11.9 Å². The van der Waals surface area contributed by atoms with Gasteiger partial charge in [-0.1, -0.05) is 42.5 Å². The van der Waals surface area contributed by atoms with E-state index in [4.69, 9.17) is 4.74 Å². The van der Waals surface area contributed by atoms with E-state index in [9.17, 15) is 14.7 Å². The summed E-state index contributed by atoms with van der Waals surface area (Å²) in [6.07, 6.45) is 1.22. The third-order valence-electron chi connectivity index (χ3n) is 4.61. The predicted octanol–water partition coefficient (Wildman–Crippen LogP) is 3.67. The fourth-order valence-electron chi connectivity index (χ4n) is 3.14. The number of aromatic hydroxyl groups is 1. The zero-order valence-corrected chi connectivity index (χ0v) is 15.0. The van der Waals surface area contributed by atoms with Crippen molar-refractivity contribution in [3.63, 3.8) is 0 Å². The standard InChI is InChI=1S/C22H18N2O4/c25-19-8-4-7-16(9-19)21(26)20-10-17-12-24(13-18(17)11-23-20)22(27)28-14-15-5-2-1-3-6-15/h1-11,25H,12-14H2. The van der Waals surface area contributed by atoms with Crippen molar-refractivity contribution < 1.29 is 19.4 Å². The molecule has 0 saturated carbocycles. The molecule has 0 atom stereocenters. The molecule has 0 bridgehead atoms. The van der Waals surface area contributed by atoms with Gasteiger partial charge in [-0.15, -0.1) is 0 Å². The molecule has 0 saturated heterocycles. The molecule has 28 heavy (non-hydrogen) atoms. The highest BCUT2D eigenvalue weighted by atomic mass is 16.6. The third kappa shape index (κ3) is 3.71. The van der Waals surface area contributed by atoms with E-state index in [2.05, 4.69) is 4.98 Å². The Labute approximate surface area is 162 Å². The number of phenols is 1. The maximum atomic E-state index is 12.6. The van der Waals surface area contributed by atoms with Crippen LogP contribution in [0.1, 0.15) is 32.7 Å². The van der Waals surface area contributed by atoms with Crippen LogP contribution in [0.4, 0.5) is 4.79 Å². The van der Waals surface area contributed by atoms with E-state index in [1.807, 2.05) is 30.3 Å². The Bertz CT molecular complexity index is 1030. The summed E-state index contributed by atoms with van der Waals surface area (Å²) in [5, 5.41) is 9.56. The lowest BCUT2D eigenvalue weighted by atomic mass is 10.0. The van der Waals surface area contributed by atoms with Gasteiger partial charge in [0.05, 0.1) is 6.54 Å². The normalized spacial score (nSPS) is 12.5. The molecule has 6 nitrogen and oxygen atoms in total. The Morgan fingerprint density at radius 3 is 2.57 bits per heavy atom. The first-order valence-corrected chi connectivity index (χ1v) is 8.87. The second-order valence-electron chi connectivity index (χ2n) is 6.61. The topological polar surface area (TPSA) is 79.7 Å². The molecule has 0 radical (unpaired) electrons. The van der Waals surface area contributed by atoms with Gasteiger partial charge in [0, 0.05) is 18.3 Å². The molecule has 0 unspecified atom stereocenters. The van der Waals surface area contributed by atoms with E-state index in [1.54, 1.807) is 29.3 Å². The number of pyridine rings is 1. The predicted molar refractivity (Wildman–Crippen MR) is 102 cm³/mol. The van der Waals surface area contributed by atoms with Gasteiger partial charge in [-0.2, -0.15) is 0 Å². The summed E-state index contributed by atoms with van der Waals surface area (Å²) in [6, 6.07) is 17.3. The fraction of sp³-hybridized carbons (Fsp3) is 0.136. The van der Waals surface area contributed by atoms with Crippen LogP contribution in [0.25, 0.3) is 0 Å². The highest BCUT2D eigenvalue weighted by Crippen LogP contribution is 2.25. The monoisotopic (exact) mass is 374 g/mol. The number of nitrogens with zero attached hydrogens (tertiary/aromatic N) is 2. The number of aromatic nitrogens is 1. The fourth-order valence-corrected chi connectivity index (χ4v) is 3.14. The van der Waals surface area contributed by atoms with Crippen LogP contribution in [0.3, 0.4) is 0 Å². The molecule has 0 aliphatic carbocycles. The molecule has 1 aliphatic heterocycles. The Balaban J connectivity index is 1.44. The van der Waals surface area contributed by atoms with Gasteiger partial charge in [-0.3, -0.25) is 14.7 Å². The van der Waals surface area contributed by atoms with Gasteiger partial charge in [-0.25, -0.2) is 4.79 Å². The second-order valence-corrected chi connectivity index (χ2v) is 6.61. The number of amides is 1. The summed E-state index contributed by atoms with van der Waals surface area (Å²) < 4.78 is 5.38. The number of carbonyl (C=O) groups is 2. The molecule has 0 fully saturated rings. The first kappa shape index (κ1) is 17.7. The van der Waals surface area contributed by atoms with E-state index in [0.29, 0.717) is 18.7 Å². The van der Waals surface area contributed by atoms with E-state index < -0.39 is 6.09 Å². The average molecular weight is 374 g/mol. The lowest BCUT2D eigenvalue weighted by molar-refractivity contribution is 0.0955. The summed E-state index contributed by atoms with van der Waals surface area (Å²) in [4.78, 5) is 30.8. The first-order valence-electron chi connectivity index (χ1n) is 8.87. The van der Waals surface area contributed by atoms with Gasteiger partial charge < -0.3 is 9.84 Å². The van der Waals surface area contributed by atoms with Crippen LogP contribution >= 0.6 is 0 Å². The van der Waals surface area contributed by atoms with Crippen LogP contribution in [0.5, 0.6) is 5.75 Å². The molecule has 140 valence electrons. The van der Waals surface area contributed by atoms with Crippen LogP contribution in [0, 0.1) is 0 Å². The first-order chi connectivity index (χ1) is 13.6. The number of ether oxygens (including phenoxy) is 1. The molecule has 1 aliphatic rings. The number of hydrogen-bond donors (Lipinski definition) is 1. The van der Waals surface area contributed by atoms with Gasteiger partial charge in [0.2, 0.25) is 5.78 Å². The van der Waals surface area contributed by atoms with E-state index in [0.717, 1.165) is 16.7 Å². The minimum atomic E-state index is -0.402. The van der Waals surface area contributed by atoms with Gasteiger partial charge >= 0.3 is 6.09 Å². The molecule has 0 spiro atoms. The molecule has 4 rings (SSSR count). The third-order valence-corrected chi connectivity index (χ3v) is 4.61. The van der Waals surface area contributed by atoms with Crippen LogP contribution < -0.4 is 0 Å². The van der Waals surface area contributed by atoms with Crippen molar-refractivity contribution in [3.8, 4) is 5.75 Å². The number of carbonyl (C=O) groups excluding carboxylic acids is 2. The van der Waals surface area contributed by atoms with Crippen LogP contribution in [-0.2, 0) is 24.4 Å². The summed E-state index contributed by atoms with van der Waals surface area (Å²) in [5.41, 5.74) is 3.33. The van der Waals surface area contributed by atoms with E-state index in [-0.39, 0.29) is 23.8 Å². The molecule has 2 heterocycles. The smallest absolute Gasteiger partial charge is 0.410 e. The number of phenolic OH excluding ortho intramolecular Hbond substituents is 1. The van der Waals surface area contributed by atoms with Gasteiger partial charge in [0.15, 0.2) is 0 Å². The quantitative estimate of drug-likeness (QED) is 0.705. The summed E-state index contributed by atoms with van der Waals surface area (Å²) in [6.45, 7) is 0.981. The molecule has 1 amide bonds. The minimum Gasteiger partial charge on any atom is -0.508 e. The van der Waals surface area contributed by atoms with Gasteiger partial charge in [-0.05, 0) is 34.9 Å². The molecule has 1 N–H and O–H groups in total. The number of fused-ring (bicyclic) bond motifs is 1. The molecule has 6 heteroatoms. The summed E-state index contributed by atoms with van der Waals surface area (Å²) in [7, 11) is 0. The van der Waals surface area contributed by atoms with Crippen molar-refractivity contribution in [2.24, 2.45) is 0 Å². The Morgan fingerprint density at radius 2 is 1.79 bits per heavy atom. The lowest BCUT2D eigenvalue weighted by Crippen LogP contribution is -2.26. The summed E-state index contributed by atoms with van der Waals surface area (Å²) >= 11 is 0. The van der Waals surface area contributed by atoms with Crippen LogP contribution in [-0.4, -0.2) is 26.9 Å². The average Bonchev–Trinajstić information content (AvgIpc) is 3.15. The number of ketones is 1. The van der Waals surface area contributed by atoms with Crippen LogP contribution in [0.15, 0.2) is 66.9 Å². The van der Waals surface area contributed by atoms with E-state index in [1.165, 1.54) is 12.1 Å². The largest absolute Gasteiger partial charge is 0.508 e. The van der Waals surface area contributed by atoms with Crippen molar-refractivity contribution in [2.45, 2.75) is 19.7 Å². The number of hydrogen-bond acceptors (Lipinski definition) is 5. The van der Waals surface area contributed by atoms with Gasteiger partial charge in [0.1, 0.15) is 18.1 Å².